The zero-order chi connectivity index (χ0) is 26.4. The highest BCUT2D eigenvalue weighted by Crippen LogP contribution is 2.26. The highest BCUT2D eigenvalue weighted by atomic mass is 32.1. The molecule has 3 aromatic carbocycles. The van der Waals surface area contributed by atoms with Gasteiger partial charge in [0.05, 0.1) is 15.9 Å². The van der Waals surface area contributed by atoms with E-state index in [0.29, 0.717) is 15.3 Å². The highest BCUT2D eigenvalue weighted by Gasteiger charge is 2.17. The molecule has 0 radical (unpaired) electrons. The Morgan fingerprint density at radius 1 is 0.842 bits per heavy atom. The van der Waals surface area contributed by atoms with Crippen molar-refractivity contribution in [1.82, 2.24) is 24.4 Å². The molecule has 38 heavy (non-hydrogen) atoms. The number of aromatic nitrogens is 5. The summed E-state index contributed by atoms with van der Waals surface area (Å²) in [6, 6.07) is 26.4. The molecule has 0 aliphatic carbocycles. The van der Waals surface area contributed by atoms with Crippen LogP contribution in [0.25, 0.3) is 39.4 Å². The van der Waals surface area contributed by atoms with Gasteiger partial charge in [-0.3, -0.25) is 4.79 Å². The Hall–Kier alpha value is -4.36. The minimum atomic E-state index is -0.183. The lowest BCUT2D eigenvalue weighted by molar-refractivity contribution is 0.590. The van der Waals surface area contributed by atoms with Gasteiger partial charge in [-0.25, -0.2) is 4.68 Å². The van der Waals surface area contributed by atoms with Gasteiger partial charge in [-0.05, 0) is 36.1 Å². The predicted molar refractivity (Wildman–Crippen MR) is 154 cm³/mol. The van der Waals surface area contributed by atoms with Crippen molar-refractivity contribution in [3.05, 3.63) is 117 Å². The zero-order valence-electron chi connectivity index (χ0n) is 21.7. The van der Waals surface area contributed by atoms with Gasteiger partial charge in [-0.1, -0.05) is 104 Å². The lowest BCUT2D eigenvalue weighted by atomic mass is 9.87. The highest BCUT2D eigenvalue weighted by molar-refractivity contribution is 7.15. The summed E-state index contributed by atoms with van der Waals surface area (Å²) in [5.74, 6) is 0.553. The molecule has 0 bridgehead atoms. The molecule has 0 unspecified atom stereocenters. The van der Waals surface area contributed by atoms with Gasteiger partial charge >= 0.3 is 0 Å². The van der Waals surface area contributed by atoms with E-state index in [1.54, 1.807) is 0 Å². The Balaban J connectivity index is 1.43. The first-order valence-corrected chi connectivity index (χ1v) is 13.3. The minimum Gasteiger partial charge on any atom is -0.266 e. The van der Waals surface area contributed by atoms with Crippen molar-refractivity contribution < 1.29 is 0 Å². The third kappa shape index (κ3) is 4.46. The largest absolute Gasteiger partial charge is 0.291 e. The molecule has 3 aromatic heterocycles. The van der Waals surface area contributed by atoms with E-state index in [2.05, 4.69) is 74.2 Å². The minimum absolute atomic E-state index is 0.0686. The molecule has 0 aliphatic rings. The molecule has 6 rings (SSSR count). The Labute approximate surface area is 224 Å². The van der Waals surface area contributed by atoms with Gasteiger partial charge in [0.1, 0.15) is 0 Å². The van der Waals surface area contributed by atoms with Crippen LogP contribution in [0.2, 0.25) is 0 Å². The molecular weight excluding hydrogens is 490 g/mol. The number of para-hydroxylation sites is 1. The number of rotatable bonds is 4. The third-order valence-electron chi connectivity index (χ3n) is 6.57. The van der Waals surface area contributed by atoms with Gasteiger partial charge in [0.25, 0.3) is 5.56 Å². The van der Waals surface area contributed by atoms with E-state index in [-0.39, 0.29) is 11.0 Å². The van der Waals surface area contributed by atoms with Gasteiger partial charge < -0.3 is 0 Å². The van der Waals surface area contributed by atoms with E-state index in [4.69, 9.17) is 5.10 Å². The molecule has 6 nitrogen and oxygen atoms in total. The van der Waals surface area contributed by atoms with Crippen molar-refractivity contribution in [1.29, 1.82) is 0 Å². The Kier molecular flexibility index (Phi) is 5.80. The lowest BCUT2D eigenvalue weighted by Gasteiger charge is -2.18. The molecule has 0 N–H and O–H groups in total. The molecule has 0 spiro atoms. The molecule has 188 valence electrons. The first-order chi connectivity index (χ1) is 18.3. The number of benzene rings is 3. The second-order valence-electron chi connectivity index (χ2n) is 10.5. The quantitative estimate of drug-likeness (QED) is 0.295. The van der Waals surface area contributed by atoms with Crippen LogP contribution in [0.4, 0.5) is 0 Å². The Morgan fingerprint density at radius 3 is 2.18 bits per heavy atom. The molecule has 3 heterocycles. The fourth-order valence-corrected chi connectivity index (χ4v) is 5.26. The van der Waals surface area contributed by atoms with Gasteiger partial charge in [0.15, 0.2) is 5.82 Å². The van der Waals surface area contributed by atoms with Crippen molar-refractivity contribution in [2.75, 3.05) is 0 Å². The van der Waals surface area contributed by atoms with Crippen LogP contribution in [0.3, 0.4) is 0 Å². The zero-order valence-corrected chi connectivity index (χ0v) is 22.5. The van der Waals surface area contributed by atoms with Crippen molar-refractivity contribution in [2.24, 2.45) is 0 Å². The molecule has 0 atom stereocenters. The summed E-state index contributed by atoms with van der Waals surface area (Å²) in [6.45, 7) is 8.61. The van der Waals surface area contributed by atoms with Crippen molar-refractivity contribution >= 4 is 22.4 Å². The van der Waals surface area contributed by atoms with Crippen molar-refractivity contribution in [3.8, 4) is 28.3 Å². The smallest absolute Gasteiger partial charge is 0.266 e. The normalized spacial score (nSPS) is 12.5. The predicted octanol–water partition coefficient (Wildman–Crippen LogP) is 5.82. The van der Waals surface area contributed by atoms with Gasteiger partial charge in [0, 0.05) is 22.9 Å². The summed E-state index contributed by atoms with van der Waals surface area (Å²) < 4.78 is 3.81. The molecule has 0 saturated carbocycles. The van der Waals surface area contributed by atoms with E-state index in [9.17, 15) is 4.79 Å². The van der Waals surface area contributed by atoms with Crippen LogP contribution in [-0.2, 0) is 5.41 Å². The summed E-state index contributed by atoms with van der Waals surface area (Å²) in [7, 11) is 0. The maximum atomic E-state index is 13.3. The summed E-state index contributed by atoms with van der Waals surface area (Å²) in [5.41, 5.74) is 6.81. The summed E-state index contributed by atoms with van der Waals surface area (Å²) in [5, 5.41) is 9.42. The number of nitrogens with zero attached hydrogens (tertiary/aromatic N) is 5. The van der Waals surface area contributed by atoms with Crippen LogP contribution in [-0.4, -0.2) is 24.4 Å². The van der Waals surface area contributed by atoms with Crippen LogP contribution in [0.1, 0.15) is 37.5 Å². The fourth-order valence-electron chi connectivity index (χ4n) is 4.36. The first kappa shape index (κ1) is 24.0. The maximum Gasteiger partial charge on any atom is 0.291 e. The van der Waals surface area contributed by atoms with E-state index < -0.39 is 0 Å². The SMILES string of the molecule is Cc1ccc(-c2nn(-c3ccccc3)cc2C=c2sc3nc(-c4ccc(C(C)(C)C)cc4)nn3c2=O)cc1. The van der Waals surface area contributed by atoms with Gasteiger partial charge in [-0.15, -0.1) is 5.10 Å². The van der Waals surface area contributed by atoms with Gasteiger partial charge in [-0.2, -0.15) is 14.6 Å². The number of hydrogen-bond acceptors (Lipinski definition) is 5. The van der Waals surface area contributed by atoms with Crippen LogP contribution >= 0.6 is 11.3 Å². The second kappa shape index (κ2) is 9.19. The second-order valence-corrected chi connectivity index (χ2v) is 11.5. The Bertz CT molecular complexity index is 1860. The maximum absolute atomic E-state index is 13.3. The molecule has 6 aromatic rings. The summed E-state index contributed by atoms with van der Waals surface area (Å²) >= 11 is 1.34. The average Bonchev–Trinajstić information content (AvgIpc) is 3.60. The van der Waals surface area contributed by atoms with Crippen molar-refractivity contribution in [3.63, 3.8) is 0 Å². The van der Waals surface area contributed by atoms with Crippen LogP contribution in [0.15, 0.2) is 89.9 Å². The van der Waals surface area contributed by atoms with Crippen molar-refractivity contribution in [2.45, 2.75) is 33.1 Å². The lowest BCUT2D eigenvalue weighted by Crippen LogP contribution is -2.23. The van der Waals surface area contributed by atoms with E-state index in [1.165, 1.54) is 27.0 Å². The topological polar surface area (TPSA) is 65.1 Å². The standard InChI is InChI=1S/C31H27N5OS/c1-20-10-12-21(13-11-20)27-23(19-35(33-27)25-8-6-5-7-9-25)18-26-29(37)36-30(38-26)32-28(34-36)22-14-16-24(17-15-22)31(2,3)4/h5-19H,1-4H3. The van der Waals surface area contributed by atoms with E-state index in [1.807, 2.05) is 59.4 Å². The van der Waals surface area contributed by atoms with Crippen LogP contribution < -0.4 is 10.1 Å². The fraction of sp³-hybridized carbons (Fsp3) is 0.161. The third-order valence-corrected chi connectivity index (χ3v) is 7.53. The molecule has 0 saturated heterocycles. The number of thiazole rings is 1. The Morgan fingerprint density at radius 2 is 1.53 bits per heavy atom. The van der Waals surface area contributed by atoms with Gasteiger partial charge in [0.2, 0.25) is 4.96 Å². The molecule has 0 aliphatic heterocycles. The van der Waals surface area contributed by atoms with E-state index >= 15 is 0 Å². The molecule has 0 fully saturated rings. The first-order valence-electron chi connectivity index (χ1n) is 12.5. The molecule has 7 heteroatoms. The van der Waals surface area contributed by atoms with Crippen LogP contribution in [0.5, 0.6) is 0 Å². The monoisotopic (exact) mass is 517 g/mol. The van der Waals surface area contributed by atoms with E-state index in [0.717, 1.165) is 28.1 Å². The average molecular weight is 518 g/mol. The number of hydrogen-bond donors (Lipinski definition) is 0. The molecular formula is C31H27N5OS. The summed E-state index contributed by atoms with van der Waals surface area (Å²) in [6.07, 6.45) is 3.85. The summed E-state index contributed by atoms with van der Waals surface area (Å²) in [4.78, 5) is 18.6. The van der Waals surface area contributed by atoms with Crippen LogP contribution in [0, 0.1) is 6.92 Å². The number of aryl methyl sites for hydroxylation is 1. The number of fused-ring (bicyclic) bond motifs is 1. The molecule has 0 amide bonds.